The number of aromatic nitrogens is 1. The summed E-state index contributed by atoms with van der Waals surface area (Å²) in [6, 6.07) is 23.9. The average Bonchev–Trinajstić information content (AvgIpc) is 3.08. The second kappa shape index (κ2) is 16.6. The molecule has 0 bridgehead atoms. The molecule has 0 saturated heterocycles. The summed E-state index contributed by atoms with van der Waals surface area (Å²) in [4.78, 5) is 19.6. The van der Waals surface area contributed by atoms with Crippen LogP contribution in [0.1, 0.15) is 119 Å². The quantitative estimate of drug-likeness (QED) is 0.0680. The Morgan fingerprint density at radius 1 is 0.846 bits per heavy atom. The van der Waals surface area contributed by atoms with Crippen LogP contribution in [0.3, 0.4) is 0 Å². The number of carbonyl (C=O) groups is 1. The van der Waals surface area contributed by atoms with Crippen LogP contribution in [0.5, 0.6) is 0 Å². The average molecular weight is 893 g/mol. The van der Waals surface area contributed by atoms with E-state index in [1.165, 1.54) is 59.3 Å². The van der Waals surface area contributed by atoms with E-state index in [0.29, 0.717) is 0 Å². The van der Waals surface area contributed by atoms with Gasteiger partial charge < -0.3 is 5.11 Å². The van der Waals surface area contributed by atoms with Crippen LogP contribution in [0.15, 0.2) is 82.4 Å². The molecule has 5 aromatic rings. The number of benzene rings is 4. The van der Waals surface area contributed by atoms with E-state index < -0.39 is 0 Å². The predicted octanol–water partition coefficient (Wildman–Crippen LogP) is 14.0. The van der Waals surface area contributed by atoms with Gasteiger partial charge in [0.2, 0.25) is 0 Å². The first-order valence-electron chi connectivity index (χ1n) is 19.1. The molecule has 1 aliphatic rings. The SMILES string of the molecule is CC(C)(C)Cc1cccc2c1cc1c3c(nccc32)-c2[c-]c3ccccc3c(C(C)(C)C)c2S1.CCC(CC)C(=O)/C=C(\O)C(CC)(CC)CC.[Ir]. The molecule has 0 unspecified atom stereocenters. The summed E-state index contributed by atoms with van der Waals surface area (Å²) >= 11 is 1.91. The van der Waals surface area contributed by atoms with E-state index in [4.69, 9.17) is 4.98 Å². The second-order valence-corrected chi connectivity index (χ2v) is 17.6. The molecule has 279 valence electrons. The van der Waals surface area contributed by atoms with Crippen molar-refractivity contribution in [1.82, 2.24) is 4.98 Å². The molecule has 2 heterocycles. The van der Waals surface area contributed by atoms with Crippen LogP contribution in [0.4, 0.5) is 0 Å². The topological polar surface area (TPSA) is 50.2 Å². The van der Waals surface area contributed by atoms with Gasteiger partial charge in [0, 0.05) is 54.3 Å². The largest absolute Gasteiger partial charge is 0.512 e. The molecule has 52 heavy (non-hydrogen) atoms. The van der Waals surface area contributed by atoms with Gasteiger partial charge >= 0.3 is 0 Å². The molecule has 1 N–H and O–H groups in total. The van der Waals surface area contributed by atoms with Crippen molar-refractivity contribution >= 4 is 49.9 Å². The summed E-state index contributed by atoms with van der Waals surface area (Å²) in [7, 11) is 0. The first kappa shape index (κ1) is 41.8. The zero-order chi connectivity index (χ0) is 37.3. The minimum Gasteiger partial charge on any atom is -0.512 e. The zero-order valence-electron chi connectivity index (χ0n) is 33.2. The van der Waals surface area contributed by atoms with E-state index in [0.717, 1.165) is 49.8 Å². The fourth-order valence-electron chi connectivity index (χ4n) is 7.92. The number of pyridine rings is 1. The van der Waals surface area contributed by atoms with Crippen LogP contribution in [0.2, 0.25) is 0 Å². The van der Waals surface area contributed by atoms with Gasteiger partial charge in [-0.25, -0.2) is 0 Å². The summed E-state index contributed by atoms with van der Waals surface area (Å²) in [6.07, 6.45) is 8.83. The van der Waals surface area contributed by atoms with E-state index >= 15 is 0 Å². The maximum absolute atomic E-state index is 12.0. The Labute approximate surface area is 330 Å². The van der Waals surface area contributed by atoms with Crippen molar-refractivity contribution in [2.45, 2.75) is 130 Å². The Balaban J connectivity index is 0.000000289. The Morgan fingerprint density at radius 2 is 1.48 bits per heavy atom. The van der Waals surface area contributed by atoms with Crippen molar-refractivity contribution in [3.63, 3.8) is 0 Å². The first-order valence-corrected chi connectivity index (χ1v) is 19.9. The van der Waals surface area contributed by atoms with Crippen LogP contribution in [-0.4, -0.2) is 15.9 Å². The van der Waals surface area contributed by atoms with E-state index in [-0.39, 0.29) is 53.8 Å². The van der Waals surface area contributed by atoms with Crippen molar-refractivity contribution in [3.05, 3.63) is 89.8 Å². The van der Waals surface area contributed by atoms with Gasteiger partial charge in [-0.15, -0.1) is 29.3 Å². The summed E-state index contributed by atoms with van der Waals surface area (Å²) < 4.78 is 0. The van der Waals surface area contributed by atoms with Crippen molar-refractivity contribution in [1.29, 1.82) is 0 Å². The van der Waals surface area contributed by atoms with Crippen molar-refractivity contribution < 1.29 is 30.0 Å². The van der Waals surface area contributed by atoms with Gasteiger partial charge in [0.1, 0.15) is 5.76 Å². The molecule has 1 aliphatic heterocycles. The van der Waals surface area contributed by atoms with Gasteiger partial charge in [-0.2, -0.15) is 0 Å². The van der Waals surface area contributed by atoms with Gasteiger partial charge in [-0.1, -0.05) is 129 Å². The van der Waals surface area contributed by atoms with Gasteiger partial charge in [0.25, 0.3) is 0 Å². The normalized spacial score (nSPS) is 13.2. The minimum absolute atomic E-state index is 0. The number of fused-ring (bicyclic) bond motifs is 5. The number of carbonyl (C=O) groups excluding carboxylic acids is 1. The molecular formula is C47H58IrNO2S-. The molecule has 1 aromatic heterocycles. The second-order valence-electron chi connectivity index (χ2n) is 16.6. The number of aliphatic hydroxyl groups excluding tert-OH is 1. The van der Waals surface area contributed by atoms with Gasteiger partial charge in [-0.3, -0.25) is 9.78 Å². The zero-order valence-corrected chi connectivity index (χ0v) is 36.4. The molecule has 0 amide bonds. The number of rotatable bonds is 9. The Hall–Kier alpha value is -2.98. The molecule has 1 radical (unpaired) electrons. The molecule has 4 aromatic carbocycles. The molecule has 6 rings (SSSR count). The number of nitrogens with zero attached hydrogens (tertiary/aromatic N) is 1. The third-order valence-corrected chi connectivity index (χ3v) is 12.2. The number of aliphatic hydroxyl groups is 1. The van der Waals surface area contributed by atoms with E-state index in [2.05, 4.69) is 123 Å². The smallest absolute Gasteiger partial charge is 0.162 e. The van der Waals surface area contributed by atoms with Crippen LogP contribution < -0.4 is 0 Å². The third kappa shape index (κ3) is 8.23. The minimum atomic E-state index is -0.207. The van der Waals surface area contributed by atoms with Crippen molar-refractivity contribution in [2.24, 2.45) is 16.7 Å². The number of ketones is 1. The van der Waals surface area contributed by atoms with Crippen molar-refractivity contribution in [2.75, 3.05) is 0 Å². The van der Waals surface area contributed by atoms with Gasteiger partial charge in [0.05, 0.1) is 0 Å². The molecular weight excluding hydrogens is 835 g/mol. The third-order valence-electron chi connectivity index (χ3n) is 11.0. The monoisotopic (exact) mass is 893 g/mol. The molecule has 3 nitrogen and oxygen atoms in total. The molecule has 0 spiro atoms. The fraction of sp³-hybridized carbons (Fsp3) is 0.447. The van der Waals surface area contributed by atoms with Crippen LogP contribution >= 0.6 is 11.8 Å². The fourth-order valence-corrected chi connectivity index (χ4v) is 9.39. The van der Waals surface area contributed by atoms with Gasteiger partial charge in [-0.05, 0) is 93.5 Å². The predicted molar refractivity (Wildman–Crippen MR) is 220 cm³/mol. The van der Waals surface area contributed by atoms with E-state index in [9.17, 15) is 9.90 Å². The molecule has 0 saturated carbocycles. The number of hydrogen-bond acceptors (Lipinski definition) is 4. The van der Waals surface area contributed by atoms with Crippen LogP contribution in [0, 0.1) is 22.8 Å². The molecule has 0 aliphatic carbocycles. The maximum Gasteiger partial charge on any atom is 0.162 e. The Kier molecular flexibility index (Phi) is 13.3. The Morgan fingerprint density at radius 3 is 2.08 bits per heavy atom. The molecule has 0 fully saturated rings. The number of hydrogen-bond donors (Lipinski definition) is 1. The molecule has 5 heteroatoms. The maximum atomic E-state index is 12.0. The van der Waals surface area contributed by atoms with Crippen LogP contribution in [-0.2, 0) is 36.7 Å². The summed E-state index contributed by atoms with van der Waals surface area (Å²) in [6.45, 7) is 24.2. The van der Waals surface area contributed by atoms with Crippen molar-refractivity contribution in [3.8, 4) is 11.3 Å². The summed E-state index contributed by atoms with van der Waals surface area (Å²) in [5.41, 5.74) is 5.07. The van der Waals surface area contributed by atoms with Gasteiger partial charge in [0.15, 0.2) is 5.78 Å². The summed E-state index contributed by atoms with van der Waals surface area (Å²) in [5, 5.41) is 17.9. The van der Waals surface area contributed by atoms with E-state index in [1.807, 2.05) is 31.8 Å². The van der Waals surface area contributed by atoms with Crippen LogP contribution in [0.25, 0.3) is 43.6 Å². The Bertz CT molecular complexity index is 2080. The standard InChI is InChI=1S/C32H30NS.C15H28O2.Ir/c1-31(2,3)18-20-11-9-13-22-23-14-15-33-29-25-16-19-10-7-8-12-21(19)28(32(4,5)6)30(25)34-26(27(23)29)17-24(20)22;1-6-12(7-2)13(16)11-14(17)15(8-3,9-4)10-5;/h7-15,17H,18H2,1-6H3;11-12,17H,6-10H2,1-5H3;/q-1;;/b;14-11-;. The summed E-state index contributed by atoms with van der Waals surface area (Å²) in [5.74, 6) is 0.412. The number of allylic oxidation sites excluding steroid dienone is 2. The molecule has 0 atom stereocenters. The first-order chi connectivity index (χ1) is 24.1. The van der Waals surface area contributed by atoms with E-state index in [1.54, 1.807) is 0 Å².